The summed E-state index contributed by atoms with van der Waals surface area (Å²) in [6.07, 6.45) is -3.69. The van der Waals surface area contributed by atoms with Crippen LogP contribution in [-0.4, -0.2) is 64.1 Å². The maximum Gasteiger partial charge on any atom is 0.407 e. The number of rotatable bonds is 13. The Morgan fingerprint density at radius 2 is 1.68 bits per heavy atom. The normalized spacial score (nSPS) is 15.8. The second kappa shape index (κ2) is 14.4. The zero-order valence-electron chi connectivity index (χ0n) is 22.2. The first kappa shape index (κ1) is 29.7. The van der Waals surface area contributed by atoms with E-state index >= 15 is 0 Å². The van der Waals surface area contributed by atoms with Crippen molar-refractivity contribution in [2.45, 2.75) is 44.9 Å². The van der Waals surface area contributed by atoms with Crippen molar-refractivity contribution >= 4 is 17.3 Å². The Hall–Kier alpha value is -2.82. The highest BCUT2D eigenvalue weighted by Gasteiger charge is 2.42. The highest BCUT2D eigenvalue weighted by Crippen LogP contribution is 2.33. The van der Waals surface area contributed by atoms with Crippen LogP contribution in [0.5, 0.6) is 0 Å². The Morgan fingerprint density at radius 3 is 2.26 bits per heavy atom. The fourth-order valence-electron chi connectivity index (χ4n) is 4.47. The number of benzene rings is 2. The topological polar surface area (TPSA) is 91.6 Å². The van der Waals surface area contributed by atoms with Gasteiger partial charge in [0.15, 0.2) is 0 Å². The number of hydrogen-bond donors (Lipinski definition) is 4. The molecule has 0 saturated carbocycles. The number of hydrogen-bond acceptors (Lipinski definition) is 6. The molecule has 0 radical (unpaired) electrons. The third kappa shape index (κ3) is 9.18. The molecule has 5 N–H and O–H groups in total. The number of halogens is 3. The van der Waals surface area contributed by atoms with Crippen LogP contribution in [0.3, 0.4) is 0 Å². The minimum atomic E-state index is -4.56. The van der Waals surface area contributed by atoms with Gasteiger partial charge in [-0.25, -0.2) is 0 Å². The van der Waals surface area contributed by atoms with Crippen molar-refractivity contribution in [3.8, 4) is 0 Å². The largest absolute Gasteiger partial charge is 0.407 e. The van der Waals surface area contributed by atoms with Crippen LogP contribution >= 0.6 is 0 Å². The molecule has 0 aromatic heterocycles. The average molecular weight is 536 g/mol. The number of nitrogens with one attached hydrogen (secondary N) is 3. The molecule has 1 fully saturated rings. The molecule has 1 aliphatic heterocycles. The predicted molar refractivity (Wildman–Crippen MR) is 145 cm³/mol. The third-order valence-electron chi connectivity index (χ3n) is 6.46. The van der Waals surface area contributed by atoms with Crippen molar-refractivity contribution in [2.75, 3.05) is 56.2 Å². The summed E-state index contributed by atoms with van der Waals surface area (Å²) in [6.45, 7) is 8.08. The van der Waals surface area contributed by atoms with Gasteiger partial charge in [-0.2, -0.15) is 13.2 Å². The van der Waals surface area contributed by atoms with Gasteiger partial charge in [-0.05, 0) is 60.7 Å². The Kier molecular flexibility index (Phi) is 11.2. The molecule has 38 heavy (non-hydrogen) atoms. The van der Waals surface area contributed by atoms with E-state index in [0.29, 0.717) is 19.5 Å². The summed E-state index contributed by atoms with van der Waals surface area (Å²) in [5, 5.41) is 8.63. The first-order chi connectivity index (χ1) is 18.2. The zero-order chi connectivity index (χ0) is 27.5. The predicted octanol–water partition coefficient (Wildman–Crippen LogP) is 3.86. The fourth-order valence-corrected chi connectivity index (χ4v) is 4.47. The Balaban J connectivity index is 1.55. The smallest absolute Gasteiger partial charge is 0.383 e. The molecule has 1 amide bonds. The van der Waals surface area contributed by atoms with Crippen molar-refractivity contribution in [2.24, 2.45) is 11.7 Å². The minimum absolute atomic E-state index is 0.0298. The standard InChI is InChI=1S/C28H40F3N5O2/c1-20(2)19-25(35-26(28(29,30)31)22-5-3-21(4-6-22)11-12-32)27(37)34-14-13-33-23-7-9-24(10-8-23)36-15-17-38-18-16-36/h3-10,20,25-26,33,35H,11-19,32H2,1-2H3,(H,34,37)/t25-,26-/m0/s1. The van der Waals surface area contributed by atoms with Gasteiger partial charge in [0.2, 0.25) is 5.91 Å². The number of amides is 1. The van der Waals surface area contributed by atoms with E-state index < -0.39 is 24.2 Å². The lowest BCUT2D eigenvalue weighted by Gasteiger charge is -2.29. The number of nitrogens with zero attached hydrogens (tertiary/aromatic N) is 1. The van der Waals surface area contributed by atoms with Crippen LogP contribution in [0.1, 0.15) is 37.4 Å². The summed E-state index contributed by atoms with van der Waals surface area (Å²) in [7, 11) is 0. The van der Waals surface area contributed by atoms with E-state index in [1.165, 1.54) is 12.1 Å². The van der Waals surface area contributed by atoms with E-state index in [4.69, 9.17) is 10.5 Å². The van der Waals surface area contributed by atoms with Crippen molar-refractivity contribution < 1.29 is 22.7 Å². The number of carbonyl (C=O) groups excluding carboxylic acids is 1. The van der Waals surface area contributed by atoms with Crippen molar-refractivity contribution in [1.82, 2.24) is 10.6 Å². The fraction of sp³-hybridized carbons (Fsp3) is 0.536. The second-order valence-corrected chi connectivity index (χ2v) is 9.97. The van der Waals surface area contributed by atoms with Crippen molar-refractivity contribution in [1.29, 1.82) is 0 Å². The van der Waals surface area contributed by atoms with Gasteiger partial charge < -0.3 is 26.0 Å². The molecule has 0 aliphatic carbocycles. The number of carbonyl (C=O) groups is 1. The number of morpholine rings is 1. The quantitative estimate of drug-likeness (QED) is 0.291. The molecular formula is C28H40F3N5O2. The van der Waals surface area contributed by atoms with E-state index in [0.717, 1.165) is 43.2 Å². The van der Waals surface area contributed by atoms with Crippen molar-refractivity contribution in [3.05, 3.63) is 59.7 Å². The van der Waals surface area contributed by atoms with Crippen LogP contribution in [0.25, 0.3) is 0 Å². The summed E-state index contributed by atoms with van der Waals surface area (Å²) in [5.41, 5.74) is 8.52. The first-order valence-corrected chi connectivity index (χ1v) is 13.2. The molecular weight excluding hydrogens is 495 g/mol. The van der Waals surface area contributed by atoms with E-state index in [-0.39, 0.29) is 24.4 Å². The van der Waals surface area contributed by atoms with Crippen LogP contribution < -0.4 is 26.6 Å². The van der Waals surface area contributed by atoms with Gasteiger partial charge in [-0.3, -0.25) is 10.1 Å². The highest BCUT2D eigenvalue weighted by atomic mass is 19.4. The Morgan fingerprint density at radius 1 is 1.03 bits per heavy atom. The zero-order valence-corrected chi connectivity index (χ0v) is 22.2. The molecule has 2 aromatic carbocycles. The molecule has 2 aromatic rings. The van der Waals surface area contributed by atoms with Crippen molar-refractivity contribution in [3.63, 3.8) is 0 Å². The maximum atomic E-state index is 14.0. The first-order valence-electron chi connectivity index (χ1n) is 13.2. The summed E-state index contributed by atoms with van der Waals surface area (Å²) in [5.74, 6) is -0.417. The molecule has 2 atom stereocenters. The number of alkyl halides is 3. The molecule has 0 bridgehead atoms. The summed E-state index contributed by atoms with van der Waals surface area (Å²) in [4.78, 5) is 15.2. The van der Waals surface area contributed by atoms with E-state index in [1.807, 2.05) is 38.1 Å². The number of ether oxygens (including phenoxy) is 1. The third-order valence-corrected chi connectivity index (χ3v) is 6.46. The monoisotopic (exact) mass is 535 g/mol. The van der Waals surface area contributed by atoms with Gasteiger partial charge in [0.25, 0.3) is 0 Å². The molecule has 10 heteroatoms. The Labute approximate surface area is 223 Å². The molecule has 1 saturated heterocycles. The summed E-state index contributed by atoms with van der Waals surface area (Å²) in [6, 6.07) is 11.3. The SMILES string of the molecule is CC(C)C[C@H](N[C@@H](c1ccc(CCN)cc1)C(F)(F)F)C(=O)NCCNc1ccc(N2CCOCC2)cc1. The van der Waals surface area contributed by atoms with Crippen LogP contribution in [0.15, 0.2) is 48.5 Å². The Bertz CT molecular complexity index is 977. The van der Waals surface area contributed by atoms with Gasteiger partial charge in [0.05, 0.1) is 19.3 Å². The summed E-state index contributed by atoms with van der Waals surface area (Å²) < 4.78 is 47.5. The van der Waals surface area contributed by atoms with Crippen LogP contribution in [0, 0.1) is 5.92 Å². The highest BCUT2D eigenvalue weighted by molar-refractivity contribution is 5.81. The molecule has 7 nitrogen and oxygen atoms in total. The number of anilines is 2. The van der Waals surface area contributed by atoms with Gasteiger partial charge >= 0.3 is 6.18 Å². The molecule has 3 rings (SSSR count). The molecule has 0 unspecified atom stereocenters. The lowest BCUT2D eigenvalue weighted by atomic mass is 9.98. The van der Waals surface area contributed by atoms with Gasteiger partial charge in [-0.15, -0.1) is 0 Å². The molecule has 1 aliphatic rings. The van der Waals surface area contributed by atoms with Crippen LogP contribution in [0.2, 0.25) is 0 Å². The van der Waals surface area contributed by atoms with Crippen LogP contribution in [-0.2, 0) is 16.0 Å². The van der Waals surface area contributed by atoms with E-state index in [1.54, 1.807) is 12.1 Å². The molecule has 0 spiro atoms. The van der Waals surface area contributed by atoms with E-state index in [2.05, 4.69) is 20.9 Å². The molecule has 210 valence electrons. The molecule has 1 heterocycles. The lowest BCUT2D eigenvalue weighted by Crippen LogP contribution is -2.50. The van der Waals surface area contributed by atoms with Crippen LogP contribution in [0.4, 0.5) is 24.5 Å². The maximum absolute atomic E-state index is 14.0. The average Bonchev–Trinajstić information content (AvgIpc) is 2.89. The van der Waals surface area contributed by atoms with E-state index in [9.17, 15) is 18.0 Å². The number of nitrogens with two attached hydrogens (primary N) is 1. The second-order valence-electron chi connectivity index (χ2n) is 9.97. The minimum Gasteiger partial charge on any atom is -0.383 e. The van der Waals surface area contributed by atoms with Gasteiger partial charge in [0, 0.05) is 37.6 Å². The van der Waals surface area contributed by atoms with Gasteiger partial charge in [0.1, 0.15) is 6.04 Å². The summed E-state index contributed by atoms with van der Waals surface area (Å²) >= 11 is 0. The lowest BCUT2D eigenvalue weighted by molar-refractivity contribution is -0.161. The van der Waals surface area contributed by atoms with Gasteiger partial charge in [-0.1, -0.05) is 38.1 Å².